The summed E-state index contributed by atoms with van der Waals surface area (Å²) < 4.78 is 10.4. The van der Waals surface area contributed by atoms with Gasteiger partial charge in [0.15, 0.2) is 5.96 Å². The summed E-state index contributed by atoms with van der Waals surface area (Å²) >= 11 is 0. The molecule has 0 saturated carbocycles. The van der Waals surface area contributed by atoms with Crippen molar-refractivity contribution >= 4 is 40.7 Å². The molecule has 0 unspecified atom stereocenters. The Balaban J connectivity index is 0.00000338. The second kappa shape index (κ2) is 13.8. The van der Waals surface area contributed by atoms with Crippen molar-refractivity contribution in [3.63, 3.8) is 0 Å². The number of hydrogen-bond acceptors (Lipinski definition) is 3. The van der Waals surface area contributed by atoms with E-state index in [0.717, 1.165) is 32.1 Å². The third-order valence-electron chi connectivity index (χ3n) is 3.77. The zero-order valence-corrected chi connectivity index (χ0v) is 18.0. The quantitative estimate of drug-likeness (QED) is 0.241. The van der Waals surface area contributed by atoms with Gasteiger partial charge in [-0.1, -0.05) is 36.4 Å². The lowest BCUT2D eigenvalue weighted by molar-refractivity contribution is 0.0698. The van der Waals surface area contributed by atoms with Crippen molar-refractivity contribution in [2.75, 3.05) is 40.0 Å². The normalized spacial score (nSPS) is 11.2. The molecular formula is C20H30IN3O2. The summed E-state index contributed by atoms with van der Waals surface area (Å²) in [5.74, 6) is 0.840. The van der Waals surface area contributed by atoms with Crippen molar-refractivity contribution in [1.82, 2.24) is 10.6 Å². The van der Waals surface area contributed by atoms with Crippen molar-refractivity contribution in [3.05, 3.63) is 48.0 Å². The van der Waals surface area contributed by atoms with E-state index >= 15 is 0 Å². The number of aliphatic imine (C=N–C) groups is 1. The van der Waals surface area contributed by atoms with Gasteiger partial charge < -0.3 is 20.1 Å². The summed E-state index contributed by atoms with van der Waals surface area (Å²) in [6.45, 7) is 6.41. The highest BCUT2D eigenvalue weighted by Crippen LogP contribution is 2.16. The zero-order valence-electron chi connectivity index (χ0n) is 15.7. The number of halogens is 1. The molecule has 0 aromatic heterocycles. The average Bonchev–Trinajstić information content (AvgIpc) is 2.65. The van der Waals surface area contributed by atoms with Gasteiger partial charge in [-0.05, 0) is 35.7 Å². The Labute approximate surface area is 173 Å². The van der Waals surface area contributed by atoms with Gasteiger partial charge in [0.1, 0.15) is 0 Å². The van der Waals surface area contributed by atoms with Gasteiger partial charge in [0.25, 0.3) is 0 Å². The van der Waals surface area contributed by atoms with E-state index in [4.69, 9.17) is 9.47 Å². The van der Waals surface area contributed by atoms with Gasteiger partial charge in [0.2, 0.25) is 0 Å². The molecule has 0 aliphatic rings. The number of hydrogen-bond donors (Lipinski definition) is 2. The van der Waals surface area contributed by atoms with Gasteiger partial charge in [-0.2, -0.15) is 0 Å². The zero-order chi connectivity index (χ0) is 17.7. The van der Waals surface area contributed by atoms with E-state index in [1.165, 1.54) is 16.3 Å². The third-order valence-corrected chi connectivity index (χ3v) is 3.77. The number of rotatable bonds is 10. The first kappa shape index (κ1) is 22.7. The first-order valence-corrected chi connectivity index (χ1v) is 8.90. The van der Waals surface area contributed by atoms with Crippen molar-refractivity contribution in [2.24, 2.45) is 4.99 Å². The molecule has 6 heteroatoms. The van der Waals surface area contributed by atoms with E-state index in [1.54, 1.807) is 7.11 Å². The van der Waals surface area contributed by atoms with Crippen molar-refractivity contribution in [2.45, 2.75) is 19.9 Å². The van der Waals surface area contributed by atoms with Crippen LogP contribution in [0.15, 0.2) is 47.5 Å². The van der Waals surface area contributed by atoms with Crippen LogP contribution in [0, 0.1) is 0 Å². The van der Waals surface area contributed by atoms with Gasteiger partial charge in [0, 0.05) is 26.8 Å². The van der Waals surface area contributed by atoms with E-state index < -0.39 is 0 Å². The molecule has 0 spiro atoms. The maximum absolute atomic E-state index is 5.46. The number of guanidine groups is 1. The van der Waals surface area contributed by atoms with Gasteiger partial charge in [-0.25, -0.2) is 4.99 Å². The number of ether oxygens (including phenoxy) is 2. The molecule has 26 heavy (non-hydrogen) atoms. The van der Waals surface area contributed by atoms with E-state index in [1.807, 2.05) is 0 Å². The molecule has 5 nitrogen and oxygen atoms in total. The molecule has 0 aliphatic carbocycles. The molecule has 144 valence electrons. The molecule has 0 atom stereocenters. The monoisotopic (exact) mass is 471 g/mol. The molecule has 0 heterocycles. The summed E-state index contributed by atoms with van der Waals surface area (Å²) in [7, 11) is 1.68. The molecule has 2 aromatic carbocycles. The van der Waals surface area contributed by atoms with E-state index in [0.29, 0.717) is 19.8 Å². The largest absolute Gasteiger partial charge is 0.382 e. The number of fused-ring (bicyclic) bond motifs is 1. The van der Waals surface area contributed by atoms with Crippen LogP contribution in [0.3, 0.4) is 0 Å². The average molecular weight is 471 g/mol. The molecule has 2 rings (SSSR count). The predicted octanol–water partition coefficient (Wildman–Crippen LogP) is 3.57. The van der Waals surface area contributed by atoms with Crippen LogP contribution >= 0.6 is 24.0 Å². The molecule has 2 aromatic rings. The molecule has 0 fully saturated rings. The number of nitrogens with zero attached hydrogens (tertiary/aromatic N) is 1. The standard InChI is InChI=1S/C20H29N3O2.HI/c1-3-21-20(22-11-6-12-25-14-13-24-2)23-16-17-9-10-18-7-4-5-8-19(18)15-17;/h4-5,7-10,15H,3,6,11-14,16H2,1-2H3,(H2,21,22,23);1H. The lowest BCUT2D eigenvalue weighted by Gasteiger charge is -2.11. The van der Waals surface area contributed by atoms with Gasteiger partial charge in [-0.15, -0.1) is 24.0 Å². The summed E-state index contributed by atoms with van der Waals surface area (Å²) in [4.78, 5) is 4.67. The number of nitrogens with one attached hydrogen (secondary N) is 2. The fourth-order valence-electron chi connectivity index (χ4n) is 2.47. The molecule has 0 amide bonds. The SMILES string of the molecule is CCNC(=NCc1ccc2ccccc2c1)NCCCOCCOC.I. The molecule has 2 N–H and O–H groups in total. The molecule has 0 radical (unpaired) electrons. The fraction of sp³-hybridized carbons (Fsp3) is 0.450. The first-order chi connectivity index (χ1) is 12.3. The first-order valence-electron chi connectivity index (χ1n) is 8.90. The minimum Gasteiger partial charge on any atom is -0.382 e. The minimum atomic E-state index is 0. The molecular weight excluding hydrogens is 441 g/mol. The smallest absolute Gasteiger partial charge is 0.191 e. The summed E-state index contributed by atoms with van der Waals surface area (Å²) in [5.41, 5.74) is 1.21. The van der Waals surface area contributed by atoms with Crippen LogP contribution in [0.4, 0.5) is 0 Å². The van der Waals surface area contributed by atoms with Crippen LogP contribution in [-0.4, -0.2) is 46.0 Å². The fourth-order valence-corrected chi connectivity index (χ4v) is 2.47. The van der Waals surface area contributed by atoms with Crippen LogP contribution in [0.25, 0.3) is 10.8 Å². The molecule has 0 saturated heterocycles. The van der Waals surface area contributed by atoms with Crippen LogP contribution in [0.1, 0.15) is 18.9 Å². The van der Waals surface area contributed by atoms with Crippen LogP contribution < -0.4 is 10.6 Å². The molecule has 0 aliphatic heterocycles. The van der Waals surface area contributed by atoms with Gasteiger partial charge in [-0.3, -0.25) is 0 Å². The van der Waals surface area contributed by atoms with Crippen LogP contribution in [-0.2, 0) is 16.0 Å². The van der Waals surface area contributed by atoms with E-state index in [9.17, 15) is 0 Å². The number of methoxy groups -OCH3 is 1. The second-order valence-corrected chi connectivity index (χ2v) is 5.76. The Morgan fingerprint density at radius 1 is 1.00 bits per heavy atom. The van der Waals surface area contributed by atoms with Crippen molar-refractivity contribution in [3.8, 4) is 0 Å². The Morgan fingerprint density at radius 3 is 2.58 bits per heavy atom. The van der Waals surface area contributed by atoms with Gasteiger partial charge in [0.05, 0.1) is 19.8 Å². The summed E-state index contributed by atoms with van der Waals surface area (Å²) in [5, 5.41) is 9.14. The lowest BCUT2D eigenvalue weighted by Crippen LogP contribution is -2.38. The lowest BCUT2D eigenvalue weighted by atomic mass is 10.1. The van der Waals surface area contributed by atoms with Gasteiger partial charge >= 0.3 is 0 Å². The third kappa shape index (κ3) is 8.33. The highest BCUT2D eigenvalue weighted by molar-refractivity contribution is 14.0. The van der Waals surface area contributed by atoms with Crippen LogP contribution in [0.2, 0.25) is 0 Å². The van der Waals surface area contributed by atoms with E-state index in [-0.39, 0.29) is 24.0 Å². The Morgan fingerprint density at radius 2 is 1.81 bits per heavy atom. The number of benzene rings is 2. The Hall–Kier alpha value is -1.38. The van der Waals surface area contributed by atoms with Crippen molar-refractivity contribution in [1.29, 1.82) is 0 Å². The minimum absolute atomic E-state index is 0. The van der Waals surface area contributed by atoms with Crippen molar-refractivity contribution < 1.29 is 9.47 Å². The highest BCUT2D eigenvalue weighted by atomic mass is 127. The molecule has 0 bridgehead atoms. The summed E-state index contributed by atoms with van der Waals surface area (Å²) in [6.07, 6.45) is 0.935. The maximum Gasteiger partial charge on any atom is 0.191 e. The van der Waals surface area contributed by atoms with Crippen LogP contribution in [0.5, 0.6) is 0 Å². The Bertz CT molecular complexity index is 664. The highest BCUT2D eigenvalue weighted by Gasteiger charge is 1.99. The topological polar surface area (TPSA) is 54.9 Å². The van der Waals surface area contributed by atoms with E-state index in [2.05, 4.69) is 65.0 Å². The second-order valence-electron chi connectivity index (χ2n) is 5.76. The maximum atomic E-state index is 5.46. The Kier molecular flexibility index (Phi) is 12.0. The summed E-state index contributed by atoms with van der Waals surface area (Å²) in [6, 6.07) is 14.9. The predicted molar refractivity (Wildman–Crippen MR) is 119 cm³/mol.